The first-order chi connectivity index (χ1) is 9.09. The van der Waals surface area contributed by atoms with Crippen molar-refractivity contribution in [2.45, 2.75) is 32.4 Å². The van der Waals surface area contributed by atoms with E-state index in [0.29, 0.717) is 6.54 Å². The molecule has 2 nitrogen and oxygen atoms in total. The summed E-state index contributed by atoms with van der Waals surface area (Å²) < 4.78 is 5.92. The lowest BCUT2D eigenvalue weighted by molar-refractivity contribution is 0.138. The molecule has 1 aliphatic rings. The van der Waals surface area contributed by atoms with E-state index in [4.69, 9.17) is 10.5 Å². The fraction of sp³-hybridized carbons (Fsp3) is 0.294. The van der Waals surface area contributed by atoms with Crippen molar-refractivity contribution in [3.05, 3.63) is 53.6 Å². The van der Waals surface area contributed by atoms with E-state index >= 15 is 0 Å². The quantitative estimate of drug-likeness (QED) is 0.888. The monoisotopic (exact) mass is 253 g/mol. The Morgan fingerprint density at radius 3 is 2.74 bits per heavy atom. The van der Waals surface area contributed by atoms with Gasteiger partial charge in [0.1, 0.15) is 11.4 Å². The van der Waals surface area contributed by atoms with Crippen molar-refractivity contribution in [3.63, 3.8) is 0 Å². The van der Waals surface area contributed by atoms with E-state index in [2.05, 4.69) is 50.2 Å². The van der Waals surface area contributed by atoms with Crippen LogP contribution >= 0.6 is 0 Å². The fourth-order valence-electron chi connectivity index (χ4n) is 2.76. The van der Waals surface area contributed by atoms with E-state index in [1.807, 2.05) is 6.07 Å². The first-order valence-electron chi connectivity index (χ1n) is 6.69. The van der Waals surface area contributed by atoms with Gasteiger partial charge in [0.15, 0.2) is 0 Å². The molecular formula is C17H19NO. The topological polar surface area (TPSA) is 35.2 Å². The van der Waals surface area contributed by atoms with E-state index < -0.39 is 0 Å². The first kappa shape index (κ1) is 12.2. The molecule has 1 heterocycles. The first-order valence-corrected chi connectivity index (χ1v) is 6.69. The Kier molecular flexibility index (Phi) is 2.83. The molecule has 0 saturated heterocycles. The normalized spacial score (nSPS) is 15.9. The average molecular weight is 253 g/mol. The van der Waals surface area contributed by atoms with Crippen molar-refractivity contribution in [2.24, 2.45) is 5.73 Å². The lowest BCUT2D eigenvalue weighted by Gasteiger charge is -2.16. The lowest BCUT2D eigenvalue weighted by atomic mass is 9.95. The second-order valence-corrected chi connectivity index (χ2v) is 5.72. The molecule has 0 unspecified atom stereocenters. The third-order valence-electron chi connectivity index (χ3n) is 3.61. The van der Waals surface area contributed by atoms with Gasteiger partial charge in [-0.25, -0.2) is 0 Å². The van der Waals surface area contributed by atoms with Gasteiger partial charge in [-0.05, 0) is 48.2 Å². The summed E-state index contributed by atoms with van der Waals surface area (Å²) in [5.41, 5.74) is 10.6. The standard InChI is InChI=1S/C17H19NO/c1-17(2)10-14-9-12(7-8-16(14)19-17)15-6-4-3-5-13(15)11-18/h3-9H,10-11,18H2,1-2H3. The maximum Gasteiger partial charge on any atom is 0.123 e. The van der Waals surface area contributed by atoms with Crippen LogP contribution in [0.3, 0.4) is 0 Å². The minimum absolute atomic E-state index is 0.0889. The Morgan fingerprint density at radius 1 is 1.16 bits per heavy atom. The van der Waals surface area contributed by atoms with Crippen molar-refractivity contribution < 1.29 is 4.74 Å². The van der Waals surface area contributed by atoms with Gasteiger partial charge in [-0.15, -0.1) is 0 Å². The van der Waals surface area contributed by atoms with Gasteiger partial charge in [-0.2, -0.15) is 0 Å². The molecule has 19 heavy (non-hydrogen) atoms. The van der Waals surface area contributed by atoms with Gasteiger partial charge in [-0.1, -0.05) is 30.3 Å². The molecule has 0 radical (unpaired) electrons. The molecule has 3 rings (SSSR count). The third-order valence-corrected chi connectivity index (χ3v) is 3.61. The molecule has 1 aliphatic heterocycles. The molecule has 2 N–H and O–H groups in total. The molecule has 0 spiro atoms. The second kappa shape index (κ2) is 4.39. The predicted molar refractivity (Wildman–Crippen MR) is 78.2 cm³/mol. The highest BCUT2D eigenvalue weighted by atomic mass is 16.5. The number of hydrogen-bond acceptors (Lipinski definition) is 2. The molecule has 0 aromatic heterocycles. The zero-order valence-corrected chi connectivity index (χ0v) is 11.4. The Labute approximate surface area is 114 Å². The molecule has 2 aromatic carbocycles. The molecule has 0 saturated carbocycles. The van der Waals surface area contributed by atoms with Crippen molar-refractivity contribution in [1.29, 1.82) is 0 Å². The van der Waals surface area contributed by atoms with Crippen molar-refractivity contribution in [1.82, 2.24) is 0 Å². The minimum atomic E-state index is -0.0889. The van der Waals surface area contributed by atoms with Crippen LogP contribution in [0.4, 0.5) is 0 Å². The Hall–Kier alpha value is -1.80. The molecule has 0 atom stereocenters. The molecule has 0 bridgehead atoms. The highest BCUT2D eigenvalue weighted by Crippen LogP contribution is 2.37. The number of rotatable bonds is 2. The van der Waals surface area contributed by atoms with E-state index in [-0.39, 0.29) is 5.60 Å². The van der Waals surface area contributed by atoms with Crippen LogP contribution < -0.4 is 10.5 Å². The van der Waals surface area contributed by atoms with Gasteiger partial charge in [0, 0.05) is 13.0 Å². The summed E-state index contributed by atoms with van der Waals surface area (Å²) in [7, 11) is 0. The molecule has 98 valence electrons. The van der Waals surface area contributed by atoms with Gasteiger partial charge in [-0.3, -0.25) is 0 Å². The van der Waals surface area contributed by atoms with Crippen LogP contribution in [0.1, 0.15) is 25.0 Å². The Balaban J connectivity index is 2.05. The van der Waals surface area contributed by atoms with Crippen LogP contribution in [-0.4, -0.2) is 5.60 Å². The lowest BCUT2D eigenvalue weighted by Crippen LogP contribution is -2.24. The van der Waals surface area contributed by atoms with Gasteiger partial charge >= 0.3 is 0 Å². The van der Waals surface area contributed by atoms with Crippen LogP contribution in [0.25, 0.3) is 11.1 Å². The van der Waals surface area contributed by atoms with Crippen LogP contribution in [0.5, 0.6) is 5.75 Å². The fourth-order valence-corrected chi connectivity index (χ4v) is 2.76. The summed E-state index contributed by atoms with van der Waals surface area (Å²) >= 11 is 0. The number of benzene rings is 2. The summed E-state index contributed by atoms with van der Waals surface area (Å²) in [4.78, 5) is 0. The van der Waals surface area contributed by atoms with E-state index in [0.717, 1.165) is 12.2 Å². The summed E-state index contributed by atoms with van der Waals surface area (Å²) in [6.45, 7) is 4.82. The van der Waals surface area contributed by atoms with Crippen LogP contribution in [-0.2, 0) is 13.0 Å². The summed E-state index contributed by atoms with van der Waals surface area (Å²) in [6.07, 6.45) is 0.959. The summed E-state index contributed by atoms with van der Waals surface area (Å²) in [5, 5.41) is 0. The van der Waals surface area contributed by atoms with Crippen molar-refractivity contribution in [2.75, 3.05) is 0 Å². The molecule has 2 aromatic rings. The molecule has 0 aliphatic carbocycles. The number of ether oxygens (including phenoxy) is 1. The third kappa shape index (κ3) is 2.24. The number of fused-ring (bicyclic) bond motifs is 1. The number of hydrogen-bond donors (Lipinski definition) is 1. The second-order valence-electron chi connectivity index (χ2n) is 5.72. The molecule has 0 fully saturated rings. The van der Waals surface area contributed by atoms with Crippen LogP contribution in [0.15, 0.2) is 42.5 Å². The molecular weight excluding hydrogens is 234 g/mol. The Bertz CT molecular complexity index is 616. The molecule has 2 heteroatoms. The predicted octanol–water partition coefficient (Wildman–Crippen LogP) is 3.53. The Morgan fingerprint density at radius 2 is 1.95 bits per heavy atom. The maximum absolute atomic E-state index is 5.92. The average Bonchev–Trinajstić information content (AvgIpc) is 2.71. The van der Waals surface area contributed by atoms with Crippen LogP contribution in [0, 0.1) is 0 Å². The highest BCUT2D eigenvalue weighted by molar-refractivity contribution is 5.69. The van der Waals surface area contributed by atoms with Crippen LogP contribution in [0.2, 0.25) is 0 Å². The van der Waals surface area contributed by atoms with Gasteiger partial charge in [0.25, 0.3) is 0 Å². The minimum Gasteiger partial charge on any atom is -0.487 e. The van der Waals surface area contributed by atoms with Gasteiger partial charge in [0.2, 0.25) is 0 Å². The maximum atomic E-state index is 5.92. The highest BCUT2D eigenvalue weighted by Gasteiger charge is 2.30. The van der Waals surface area contributed by atoms with Gasteiger partial charge in [0.05, 0.1) is 0 Å². The zero-order valence-electron chi connectivity index (χ0n) is 11.4. The van der Waals surface area contributed by atoms with E-state index in [1.54, 1.807) is 0 Å². The smallest absolute Gasteiger partial charge is 0.123 e. The van der Waals surface area contributed by atoms with E-state index in [9.17, 15) is 0 Å². The van der Waals surface area contributed by atoms with Crippen molar-refractivity contribution in [3.8, 4) is 16.9 Å². The largest absolute Gasteiger partial charge is 0.487 e. The molecule has 0 amide bonds. The van der Waals surface area contributed by atoms with E-state index in [1.165, 1.54) is 22.3 Å². The SMILES string of the molecule is CC1(C)Cc2cc(-c3ccccc3CN)ccc2O1. The zero-order chi connectivity index (χ0) is 13.5. The van der Waals surface area contributed by atoms with Gasteiger partial charge < -0.3 is 10.5 Å². The number of nitrogens with two attached hydrogens (primary N) is 1. The van der Waals surface area contributed by atoms with Crippen molar-refractivity contribution >= 4 is 0 Å². The summed E-state index contributed by atoms with van der Waals surface area (Å²) in [5.74, 6) is 1.01. The summed E-state index contributed by atoms with van der Waals surface area (Å²) in [6, 6.07) is 14.7.